The Balaban J connectivity index is 2.14. The molecule has 1 aliphatic heterocycles. The van der Waals surface area contributed by atoms with Crippen molar-refractivity contribution < 1.29 is 28.2 Å². The van der Waals surface area contributed by atoms with E-state index in [1.807, 2.05) is 0 Å². The number of fused-ring (bicyclic) bond motifs is 2. The van der Waals surface area contributed by atoms with Gasteiger partial charge in [-0.1, -0.05) is 0 Å². The summed E-state index contributed by atoms with van der Waals surface area (Å²) in [5.74, 6) is 3.60. The summed E-state index contributed by atoms with van der Waals surface area (Å²) in [5, 5.41) is 0. The highest BCUT2D eigenvalue weighted by Crippen LogP contribution is 2.58. The van der Waals surface area contributed by atoms with Gasteiger partial charge in [0.25, 0.3) is 0 Å². The van der Waals surface area contributed by atoms with Crippen molar-refractivity contribution in [3.63, 3.8) is 0 Å². The molecule has 1 heterocycles. The van der Waals surface area contributed by atoms with Crippen LogP contribution in [0.5, 0.6) is 28.7 Å². The molecule has 6 nitrogen and oxygen atoms in total. The number of ether oxygens (including phenoxy) is 5. The molecular weight excluding hydrogens is 370 g/mol. The van der Waals surface area contributed by atoms with Crippen molar-refractivity contribution >= 4 is 0 Å². The lowest BCUT2D eigenvalue weighted by Crippen LogP contribution is -2.49. The molecule has 4 rings (SSSR count). The first-order chi connectivity index (χ1) is 13.9. The van der Waals surface area contributed by atoms with Gasteiger partial charge in [0.2, 0.25) is 5.75 Å². The smallest absolute Gasteiger partial charge is 0.204 e. The van der Waals surface area contributed by atoms with Crippen LogP contribution >= 0.6 is 0 Å². The number of quaternary nitrogens is 1. The van der Waals surface area contributed by atoms with Gasteiger partial charge in [-0.15, -0.1) is 0 Å². The average Bonchev–Trinajstić information content (AvgIpc) is 2.73. The first-order valence-electron chi connectivity index (χ1n) is 9.84. The summed E-state index contributed by atoms with van der Waals surface area (Å²) < 4.78 is 29.6. The highest BCUT2D eigenvalue weighted by atomic mass is 16.5. The predicted molar refractivity (Wildman–Crippen MR) is 112 cm³/mol. The van der Waals surface area contributed by atoms with E-state index in [1.54, 1.807) is 35.5 Å². The van der Waals surface area contributed by atoms with Gasteiger partial charge in [-0.3, -0.25) is 0 Å². The third-order valence-corrected chi connectivity index (χ3v) is 6.53. The van der Waals surface area contributed by atoms with Gasteiger partial charge in [-0.05, 0) is 23.3 Å². The van der Waals surface area contributed by atoms with Gasteiger partial charge in [0.15, 0.2) is 23.0 Å². The molecule has 0 unspecified atom stereocenters. The summed E-state index contributed by atoms with van der Waals surface area (Å²) in [4.78, 5) is 0. The molecule has 1 atom stereocenters. The van der Waals surface area contributed by atoms with Crippen LogP contribution in [-0.4, -0.2) is 60.7 Å². The molecule has 2 aromatic carbocycles. The lowest BCUT2D eigenvalue weighted by atomic mass is 9.75. The molecule has 0 spiro atoms. The van der Waals surface area contributed by atoms with Crippen LogP contribution in [0.2, 0.25) is 0 Å². The van der Waals surface area contributed by atoms with Gasteiger partial charge in [0.05, 0.1) is 56.2 Å². The summed E-state index contributed by atoms with van der Waals surface area (Å²) in [6.07, 6.45) is 1.85. The Kier molecular flexibility index (Phi) is 4.77. The van der Waals surface area contributed by atoms with E-state index in [4.69, 9.17) is 23.7 Å². The van der Waals surface area contributed by atoms with E-state index in [0.29, 0.717) is 23.3 Å². The van der Waals surface area contributed by atoms with E-state index in [0.717, 1.165) is 46.5 Å². The molecular formula is C23H30NO5+. The number of nitrogens with zero attached hydrogens (tertiary/aromatic N) is 1. The van der Waals surface area contributed by atoms with Crippen molar-refractivity contribution in [3.05, 3.63) is 28.8 Å². The number of rotatable bonds is 5. The monoisotopic (exact) mass is 400 g/mol. The zero-order chi connectivity index (χ0) is 20.9. The second-order valence-corrected chi connectivity index (χ2v) is 8.20. The Labute approximate surface area is 172 Å². The maximum atomic E-state index is 5.92. The molecule has 2 aromatic rings. The van der Waals surface area contributed by atoms with Gasteiger partial charge in [0.1, 0.15) is 6.04 Å². The minimum Gasteiger partial charge on any atom is -0.493 e. The summed E-state index contributed by atoms with van der Waals surface area (Å²) in [6.45, 7) is 1.03. The van der Waals surface area contributed by atoms with E-state index in [2.05, 4.69) is 26.2 Å². The highest BCUT2D eigenvalue weighted by Gasteiger charge is 2.45. The Morgan fingerprint density at radius 3 is 2.00 bits per heavy atom. The molecule has 1 aliphatic carbocycles. The number of likely N-dealkylation sites (N-methyl/N-ethyl adjacent to an activating group) is 1. The summed E-state index contributed by atoms with van der Waals surface area (Å²) >= 11 is 0. The SMILES string of the molecule is COc1cc2c(cc1OC)-c1c(OC)c(OC)c(OC)c3c1[C@H](C2)[N+](C)(C)CC3. The van der Waals surface area contributed by atoms with Crippen molar-refractivity contribution in [1.29, 1.82) is 0 Å². The lowest BCUT2D eigenvalue weighted by Gasteiger charge is -2.46. The third-order valence-electron chi connectivity index (χ3n) is 6.53. The first kappa shape index (κ1) is 19.7. The van der Waals surface area contributed by atoms with Crippen LogP contribution < -0.4 is 23.7 Å². The largest absolute Gasteiger partial charge is 0.493 e. The van der Waals surface area contributed by atoms with Crippen LogP contribution in [0.3, 0.4) is 0 Å². The predicted octanol–water partition coefficient (Wildman–Crippen LogP) is 3.63. The zero-order valence-electron chi connectivity index (χ0n) is 18.3. The standard InChI is InChI=1S/C23H30NO5/c1-24(2)9-8-14-19-16(24)10-13-11-17(25-3)18(26-4)12-15(13)20(19)22(28-6)23(29-7)21(14)27-5/h11-12,16H,8-10H2,1-7H3/q+1/t16-/m0/s1. The van der Waals surface area contributed by atoms with Crippen molar-refractivity contribution in [2.75, 3.05) is 56.2 Å². The Morgan fingerprint density at radius 2 is 1.41 bits per heavy atom. The van der Waals surface area contributed by atoms with Crippen LogP contribution in [0.4, 0.5) is 0 Å². The number of methoxy groups -OCH3 is 5. The Hall–Kier alpha value is -2.60. The van der Waals surface area contributed by atoms with Crippen LogP contribution in [0.1, 0.15) is 22.7 Å². The van der Waals surface area contributed by atoms with E-state index in [9.17, 15) is 0 Å². The van der Waals surface area contributed by atoms with Crippen LogP contribution in [-0.2, 0) is 12.8 Å². The van der Waals surface area contributed by atoms with Gasteiger partial charge in [-0.25, -0.2) is 0 Å². The molecule has 0 N–H and O–H groups in total. The third kappa shape index (κ3) is 2.73. The van der Waals surface area contributed by atoms with Gasteiger partial charge >= 0.3 is 0 Å². The van der Waals surface area contributed by atoms with E-state index in [1.165, 1.54) is 16.7 Å². The molecule has 2 aliphatic rings. The second kappa shape index (κ2) is 7.02. The topological polar surface area (TPSA) is 46.2 Å². The molecule has 0 fully saturated rings. The fourth-order valence-corrected chi connectivity index (χ4v) is 5.01. The highest BCUT2D eigenvalue weighted by molar-refractivity contribution is 5.87. The quantitative estimate of drug-likeness (QED) is 0.718. The molecule has 0 bridgehead atoms. The molecule has 0 radical (unpaired) electrons. The molecule has 0 saturated heterocycles. The van der Waals surface area contributed by atoms with Crippen molar-refractivity contribution in [2.24, 2.45) is 0 Å². The van der Waals surface area contributed by atoms with E-state index >= 15 is 0 Å². The van der Waals surface area contributed by atoms with E-state index < -0.39 is 0 Å². The number of hydrogen-bond acceptors (Lipinski definition) is 5. The van der Waals surface area contributed by atoms with Crippen LogP contribution in [0.25, 0.3) is 11.1 Å². The number of benzene rings is 2. The van der Waals surface area contributed by atoms with Crippen LogP contribution in [0.15, 0.2) is 12.1 Å². The Morgan fingerprint density at radius 1 is 0.793 bits per heavy atom. The average molecular weight is 400 g/mol. The van der Waals surface area contributed by atoms with Crippen LogP contribution in [0, 0.1) is 0 Å². The normalized spacial score (nSPS) is 18.4. The van der Waals surface area contributed by atoms with E-state index in [-0.39, 0.29) is 0 Å². The van der Waals surface area contributed by atoms with Gasteiger partial charge in [0, 0.05) is 29.5 Å². The molecule has 6 heteroatoms. The first-order valence-corrected chi connectivity index (χ1v) is 9.84. The summed E-state index contributed by atoms with van der Waals surface area (Å²) in [5.41, 5.74) is 5.94. The van der Waals surface area contributed by atoms with Gasteiger partial charge in [-0.2, -0.15) is 0 Å². The fourth-order valence-electron chi connectivity index (χ4n) is 5.01. The fraction of sp³-hybridized carbons (Fsp3) is 0.478. The maximum Gasteiger partial charge on any atom is 0.204 e. The summed E-state index contributed by atoms with van der Waals surface area (Å²) in [7, 11) is 13.0. The summed E-state index contributed by atoms with van der Waals surface area (Å²) in [6, 6.07) is 4.46. The zero-order valence-corrected chi connectivity index (χ0v) is 18.3. The molecule has 0 amide bonds. The van der Waals surface area contributed by atoms with Crippen molar-refractivity contribution in [3.8, 4) is 39.9 Å². The second-order valence-electron chi connectivity index (χ2n) is 8.20. The lowest BCUT2D eigenvalue weighted by molar-refractivity contribution is -0.923. The maximum absolute atomic E-state index is 5.92. The molecule has 0 aromatic heterocycles. The molecule has 156 valence electrons. The van der Waals surface area contributed by atoms with Gasteiger partial charge < -0.3 is 28.2 Å². The van der Waals surface area contributed by atoms with Crippen molar-refractivity contribution in [2.45, 2.75) is 18.9 Å². The Bertz CT molecular complexity index is 967. The molecule has 29 heavy (non-hydrogen) atoms. The minimum absolute atomic E-state index is 0.299. The minimum atomic E-state index is 0.299. The van der Waals surface area contributed by atoms with Crippen molar-refractivity contribution in [1.82, 2.24) is 0 Å². The number of hydrogen-bond donors (Lipinski definition) is 0. The molecule has 0 saturated carbocycles.